The van der Waals surface area contributed by atoms with Crippen molar-refractivity contribution in [2.24, 2.45) is 0 Å². The molecule has 1 N–H and O–H groups in total. The van der Waals surface area contributed by atoms with Crippen molar-refractivity contribution in [1.82, 2.24) is 9.97 Å². The van der Waals surface area contributed by atoms with Crippen molar-refractivity contribution < 1.29 is 24.1 Å². The highest BCUT2D eigenvalue weighted by atomic mass is 16.7. The maximum Gasteiger partial charge on any atom is 0.332 e. The number of hydrogen-bond donors (Lipinski definition) is 1. The molecule has 1 heterocycles. The standard InChI is InChI=1S/C28H35N3O5/c1-5-34-25(36-17-16-35-21(4)28(32)33)19-31(20(2)3)24-18-29-26(22-12-8-6-9-13-22)27(30-24)23-14-10-7-11-15-23/h6-15,18,20-21,25H,5,16-17,19H2,1-4H3,(H,32,33). The minimum Gasteiger partial charge on any atom is -0.479 e. The molecule has 192 valence electrons. The first-order valence-electron chi connectivity index (χ1n) is 12.2. The van der Waals surface area contributed by atoms with Crippen LogP contribution in [0.4, 0.5) is 5.82 Å². The summed E-state index contributed by atoms with van der Waals surface area (Å²) in [7, 11) is 0. The lowest BCUT2D eigenvalue weighted by molar-refractivity contribution is -0.158. The number of carboxylic acids is 1. The molecule has 2 atom stereocenters. The predicted molar refractivity (Wildman–Crippen MR) is 140 cm³/mol. The van der Waals surface area contributed by atoms with Gasteiger partial charge in [-0.25, -0.2) is 9.78 Å². The van der Waals surface area contributed by atoms with Gasteiger partial charge in [-0.3, -0.25) is 4.98 Å². The number of rotatable bonds is 14. The monoisotopic (exact) mass is 493 g/mol. The van der Waals surface area contributed by atoms with Crippen LogP contribution in [0.3, 0.4) is 0 Å². The van der Waals surface area contributed by atoms with Crippen molar-refractivity contribution in [3.05, 3.63) is 66.9 Å². The van der Waals surface area contributed by atoms with Crippen LogP contribution >= 0.6 is 0 Å². The molecular weight excluding hydrogens is 458 g/mol. The number of hydrogen-bond acceptors (Lipinski definition) is 7. The van der Waals surface area contributed by atoms with Gasteiger partial charge in [0, 0.05) is 23.8 Å². The highest BCUT2D eigenvalue weighted by Gasteiger charge is 2.22. The molecule has 0 bridgehead atoms. The van der Waals surface area contributed by atoms with Gasteiger partial charge < -0.3 is 24.2 Å². The number of aliphatic carboxylic acids is 1. The molecule has 0 saturated heterocycles. The summed E-state index contributed by atoms with van der Waals surface area (Å²) in [5.41, 5.74) is 3.60. The summed E-state index contributed by atoms with van der Waals surface area (Å²) in [6.45, 7) is 8.81. The van der Waals surface area contributed by atoms with Gasteiger partial charge >= 0.3 is 5.97 Å². The van der Waals surface area contributed by atoms with Crippen LogP contribution in [0.2, 0.25) is 0 Å². The van der Waals surface area contributed by atoms with E-state index in [1.54, 1.807) is 6.20 Å². The molecule has 0 fully saturated rings. The Kier molecular flexibility index (Phi) is 10.4. The van der Waals surface area contributed by atoms with Crippen molar-refractivity contribution in [2.45, 2.75) is 46.1 Å². The van der Waals surface area contributed by atoms with Crippen LogP contribution in [0.1, 0.15) is 27.7 Å². The Hall–Kier alpha value is -3.33. The highest BCUT2D eigenvalue weighted by Crippen LogP contribution is 2.31. The molecule has 2 unspecified atom stereocenters. The van der Waals surface area contributed by atoms with Gasteiger partial charge in [0.15, 0.2) is 12.4 Å². The number of carbonyl (C=O) groups is 1. The van der Waals surface area contributed by atoms with Gasteiger partial charge in [0.2, 0.25) is 0 Å². The first-order valence-corrected chi connectivity index (χ1v) is 12.2. The smallest absolute Gasteiger partial charge is 0.332 e. The predicted octanol–water partition coefficient (Wildman–Crippen LogP) is 4.89. The van der Waals surface area contributed by atoms with Crippen LogP contribution in [0.15, 0.2) is 66.9 Å². The van der Waals surface area contributed by atoms with Crippen LogP contribution in [-0.2, 0) is 19.0 Å². The van der Waals surface area contributed by atoms with Gasteiger partial charge in [-0.1, -0.05) is 60.7 Å². The Morgan fingerprint density at radius 3 is 2.03 bits per heavy atom. The van der Waals surface area contributed by atoms with E-state index < -0.39 is 18.4 Å². The van der Waals surface area contributed by atoms with Crippen LogP contribution in [0.25, 0.3) is 22.5 Å². The number of aromatic nitrogens is 2. The number of nitrogens with zero attached hydrogens (tertiary/aromatic N) is 3. The van der Waals surface area contributed by atoms with Crippen molar-refractivity contribution in [1.29, 1.82) is 0 Å². The molecular formula is C28H35N3O5. The molecule has 0 aliphatic heterocycles. The molecule has 0 aliphatic rings. The zero-order chi connectivity index (χ0) is 25.9. The minimum atomic E-state index is -1.01. The first kappa shape index (κ1) is 27.3. The van der Waals surface area contributed by atoms with Gasteiger partial charge in [0.1, 0.15) is 5.82 Å². The molecule has 2 aromatic carbocycles. The Bertz CT molecular complexity index is 1080. The number of anilines is 1. The second kappa shape index (κ2) is 13.7. The summed E-state index contributed by atoms with van der Waals surface area (Å²) >= 11 is 0. The number of carboxylic acid groups (broad SMARTS) is 1. The maximum atomic E-state index is 10.9. The third kappa shape index (κ3) is 7.58. The largest absolute Gasteiger partial charge is 0.479 e. The van der Waals surface area contributed by atoms with Gasteiger partial charge in [0.25, 0.3) is 0 Å². The molecule has 0 amide bonds. The molecule has 0 spiro atoms. The lowest BCUT2D eigenvalue weighted by atomic mass is 10.0. The Morgan fingerprint density at radius 1 is 0.889 bits per heavy atom. The zero-order valence-electron chi connectivity index (χ0n) is 21.3. The normalized spacial score (nSPS) is 12.9. The third-order valence-electron chi connectivity index (χ3n) is 5.57. The Balaban J connectivity index is 1.84. The van der Waals surface area contributed by atoms with Crippen LogP contribution in [0.5, 0.6) is 0 Å². The fraction of sp³-hybridized carbons (Fsp3) is 0.393. The molecule has 36 heavy (non-hydrogen) atoms. The van der Waals surface area contributed by atoms with E-state index >= 15 is 0 Å². The van der Waals surface area contributed by atoms with Crippen molar-refractivity contribution in [3.63, 3.8) is 0 Å². The van der Waals surface area contributed by atoms with Crippen LogP contribution in [0, 0.1) is 0 Å². The van der Waals surface area contributed by atoms with E-state index in [-0.39, 0.29) is 19.3 Å². The van der Waals surface area contributed by atoms with E-state index in [2.05, 4.69) is 18.7 Å². The van der Waals surface area contributed by atoms with Gasteiger partial charge in [-0.2, -0.15) is 0 Å². The lowest BCUT2D eigenvalue weighted by Gasteiger charge is -2.32. The maximum absolute atomic E-state index is 10.9. The SMILES string of the molecule is CCOC(CN(c1cnc(-c2ccccc2)c(-c2ccccc2)n1)C(C)C)OCCOC(C)C(=O)O. The second-order valence-electron chi connectivity index (χ2n) is 8.51. The highest BCUT2D eigenvalue weighted by molar-refractivity contribution is 5.78. The number of ether oxygens (including phenoxy) is 3. The Labute approximate surface area is 212 Å². The summed E-state index contributed by atoms with van der Waals surface area (Å²) in [6, 6.07) is 20.1. The van der Waals surface area contributed by atoms with E-state index in [0.717, 1.165) is 22.5 Å². The minimum absolute atomic E-state index is 0.0975. The topological polar surface area (TPSA) is 94.0 Å². The molecule has 8 heteroatoms. The van der Waals surface area contributed by atoms with E-state index in [1.165, 1.54) is 6.92 Å². The second-order valence-corrected chi connectivity index (χ2v) is 8.51. The fourth-order valence-corrected chi connectivity index (χ4v) is 3.67. The van der Waals surface area contributed by atoms with E-state index in [9.17, 15) is 4.79 Å². The quantitative estimate of drug-likeness (QED) is 0.250. The average molecular weight is 494 g/mol. The van der Waals surface area contributed by atoms with E-state index in [4.69, 9.17) is 29.3 Å². The van der Waals surface area contributed by atoms with Crippen LogP contribution in [-0.4, -0.2) is 65.8 Å². The van der Waals surface area contributed by atoms with Gasteiger partial charge in [-0.15, -0.1) is 0 Å². The molecule has 3 rings (SSSR count). The summed E-state index contributed by atoms with van der Waals surface area (Å²) in [4.78, 5) is 22.9. The molecule has 1 aromatic heterocycles. The van der Waals surface area contributed by atoms with E-state index in [1.807, 2.05) is 67.6 Å². The summed E-state index contributed by atoms with van der Waals surface area (Å²) in [5, 5.41) is 8.97. The van der Waals surface area contributed by atoms with Crippen molar-refractivity contribution >= 4 is 11.8 Å². The van der Waals surface area contributed by atoms with Crippen molar-refractivity contribution in [3.8, 4) is 22.5 Å². The first-order chi connectivity index (χ1) is 17.4. The van der Waals surface area contributed by atoms with E-state index in [0.29, 0.717) is 19.0 Å². The lowest BCUT2D eigenvalue weighted by Crippen LogP contribution is -2.41. The molecule has 0 radical (unpaired) electrons. The molecule has 3 aromatic rings. The summed E-state index contributed by atoms with van der Waals surface area (Å²) in [5.74, 6) is -0.290. The van der Waals surface area contributed by atoms with Gasteiger partial charge in [0.05, 0.1) is 37.3 Å². The van der Waals surface area contributed by atoms with Crippen molar-refractivity contribution in [2.75, 3.05) is 31.3 Å². The Morgan fingerprint density at radius 2 is 1.47 bits per heavy atom. The third-order valence-corrected chi connectivity index (χ3v) is 5.57. The molecule has 0 aliphatic carbocycles. The zero-order valence-corrected chi connectivity index (χ0v) is 21.3. The summed E-state index contributed by atoms with van der Waals surface area (Å²) in [6.07, 6.45) is 0.355. The number of benzene rings is 2. The molecule has 0 saturated carbocycles. The summed E-state index contributed by atoms with van der Waals surface area (Å²) < 4.78 is 17.0. The van der Waals surface area contributed by atoms with Gasteiger partial charge in [-0.05, 0) is 27.7 Å². The molecule has 8 nitrogen and oxygen atoms in total. The van der Waals surface area contributed by atoms with Crippen LogP contribution < -0.4 is 4.90 Å². The average Bonchev–Trinajstić information content (AvgIpc) is 2.89. The fourth-order valence-electron chi connectivity index (χ4n) is 3.67.